The molecule has 3 rings (SSSR count). The molecule has 0 fully saturated rings. The van der Waals surface area contributed by atoms with Crippen LogP contribution in [0.1, 0.15) is 36.9 Å². The van der Waals surface area contributed by atoms with Crippen LogP contribution >= 0.6 is 0 Å². The zero-order valence-electron chi connectivity index (χ0n) is 10.8. The minimum absolute atomic E-state index is 0.141. The lowest BCUT2D eigenvalue weighted by molar-refractivity contribution is -0.140. The fourth-order valence-electron chi connectivity index (χ4n) is 2.98. The molecule has 1 unspecified atom stereocenters. The molecule has 1 aromatic rings. The molecule has 0 bridgehead atoms. The number of carbonyl (C=O) groups excluding carboxylic acids is 2. The van der Waals surface area contributed by atoms with Crippen LogP contribution < -0.4 is 5.73 Å². The van der Waals surface area contributed by atoms with Crippen LogP contribution in [-0.2, 0) is 16.0 Å². The Kier molecular flexibility index (Phi) is 2.66. The lowest BCUT2D eigenvalue weighted by Crippen LogP contribution is -2.36. The van der Waals surface area contributed by atoms with Crippen molar-refractivity contribution in [3.63, 3.8) is 0 Å². The summed E-state index contributed by atoms with van der Waals surface area (Å²) >= 11 is 0. The maximum atomic E-state index is 12.1. The van der Waals surface area contributed by atoms with Crippen LogP contribution in [0.4, 0.5) is 5.69 Å². The minimum atomic E-state index is -0.197. The minimum Gasteiger partial charge on any atom is -0.399 e. The Labute approximate surface area is 111 Å². The number of imide groups is 1. The second-order valence-corrected chi connectivity index (χ2v) is 5.21. The summed E-state index contributed by atoms with van der Waals surface area (Å²) in [7, 11) is 0. The number of carbonyl (C=O) groups is 2. The third kappa shape index (κ3) is 1.84. The van der Waals surface area contributed by atoms with Crippen LogP contribution in [0.25, 0.3) is 0 Å². The van der Waals surface area contributed by atoms with E-state index in [0.717, 1.165) is 36.1 Å². The molecule has 0 saturated carbocycles. The highest BCUT2D eigenvalue weighted by molar-refractivity contribution is 6.16. The fraction of sp³-hybridized carbons (Fsp3) is 0.333. The number of aryl methyl sites for hydroxylation is 1. The normalized spacial score (nSPS) is 22.5. The number of rotatable bonds is 1. The van der Waals surface area contributed by atoms with Crippen molar-refractivity contribution in [2.24, 2.45) is 0 Å². The standard InChI is InChI=1S/C15H16N2O2/c1-9-7-14(18)17(15(9)19)13-4-2-3-10-8-11(16)5-6-12(10)13/h5-8,13H,2-4,16H2,1H3. The molecule has 2 aliphatic rings. The van der Waals surface area contributed by atoms with E-state index in [1.54, 1.807) is 6.92 Å². The highest BCUT2D eigenvalue weighted by Gasteiger charge is 2.37. The maximum absolute atomic E-state index is 12.1. The highest BCUT2D eigenvalue weighted by atomic mass is 16.2. The van der Waals surface area contributed by atoms with Crippen molar-refractivity contribution < 1.29 is 9.59 Å². The van der Waals surface area contributed by atoms with Crippen molar-refractivity contribution in [2.75, 3.05) is 5.73 Å². The molecule has 0 aromatic heterocycles. The van der Waals surface area contributed by atoms with Gasteiger partial charge in [0.1, 0.15) is 0 Å². The Morgan fingerprint density at radius 1 is 1.32 bits per heavy atom. The Hall–Kier alpha value is -2.10. The number of nitrogens with zero attached hydrogens (tertiary/aromatic N) is 1. The summed E-state index contributed by atoms with van der Waals surface area (Å²) in [6.07, 6.45) is 4.18. The molecule has 1 aliphatic carbocycles. The second-order valence-electron chi connectivity index (χ2n) is 5.21. The number of hydrogen-bond donors (Lipinski definition) is 1. The molecule has 1 atom stereocenters. The molecule has 0 radical (unpaired) electrons. The number of amides is 2. The Balaban J connectivity index is 2.01. The Morgan fingerprint density at radius 3 is 2.79 bits per heavy atom. The van der Waals surface area contributed by atoms with Gasteiger partial charge in [0.05, 0.1) is 6.04 Å². The van der Waals surface area contributed by atoms with E-state index < -0.39 is 0 Å². The van der Waals surface area contributed by atoms with E-state index in [0.29, 0.717) is 5.57 Å². The predicted octanol–water partition coefficient (Wildman–Crippen LogP) is 1.96. The SMILES string of the molecule is CC1=CC(=O)N(C2CCCc3cc(N)ccc32)C1=O. The van der Waals surface area contributed by atoms with Crippen LogP contribution in [-0.4, -0.2) is 16.7 Å². The molecule has 4 heteroatoms. The fourth-order valence-corrected chi connectivity index (χ4v) is 2.98. The molecule has 1 aliphatic heterocycles. The van der Waals surface area contributed by atoms with Gasteiger partial charge in [0.25, 0.3) is 11.8 Å². The van der Waals surface area contributed by atoms with E-state index in [2.05, 4.69) is 0 Å². The summed E-state index contributed by atoms with van der Waals surface area (Å²) in [6.45, 7) is 1.69. The maximum Gasteiger partial charge on any atom is 0.257 e. The van der Waals surface area contributed by atoms with Gasteiger partial charge in [-0.25, -0.2) is 0 Å². The van der Waals surface area contributed by atoms with Crippen LogP contribution in [0.2, 0.25) is 0 Å². The van der Waals surface area contributed by atoms with E-state index in [-0.39, 0.29) is 17.9 Å². The van der Waals surface area contributed by atoms with Gasteiger partial charge in [-0.15, -0.1) is 0 Å². The van der Waals surface area contributed by atoms with Gasteiger partial charge in [-0.1, -0.05) is 6.07 Å². The van der Waals surface area contributed by atoms with Gasteiger partial charge < -0.3 is 5.73 Å². The zero-order chi connectivity index (χ0) is 13.6. The molecule has 1 aromatic carbocycles. The van der Waals surface area contributed by atoms with E-state index in [1.807, 2.05) is 18.2 Å². The van der Waals surface area contributed by atoms with Crippen molar-refractivity contribution in [3.05, 3.63) is 41.0 Å². The topological polar surface area (TPSA) is 63.4 Å². The second kappa shape index (κ2) is 4.23. The summed E-state index contributed by atoms with van der Waals surface area (Å²) in [6, 6.07) is 5.59. The van der Waals surface area contributed by atoms with Crippen molar-refractivity contribution in [1.29, 1.82) is 0 Å². The first-order valence-electron chi connectivity index (χ1n) is 6.52. The van der Waals surface area contributed by atoms with Crippen LogP contribution in [0.3, 0.4) is 0 Å². The number of fused-ring (bicyclic) bond motifs is 1. The summed E-state index contributed by atoms with van der Waals surface area (Å²) in [4.78, 5) is 25.5. The molecule has 98 valence electrons. The third-order valence-electron chi connectivity index (χ3n) is 3.89. The number of anilines is 1. The first-order valence-corrected chi connectivity index (χ1v) is 6.52. The van der Waals surface area contributed by atoms with Gasteiger partial charge in [-0.3, -0.25) is 14.5 Å². The summed E-state index contributed by atoms with van der Waals surface area (Å²) in [5, 5.41) is 0. The predicted molar refractivity (Wildman–Crippen MR) is 72.1 cm³/mol. The summed E-state index contributed by atoms with van der Waals surface area (Å²) in [5.41, 5.74) is 9.26. The monoisotopic (exact) mass is 256 g/mol. The van der Waals surface area contributed by atoms with E-state index in [1.165, 1.54) is 11.0 Å². The third-order valence-corrected chi connectivity index (χ3v) is 3.89. The van der Waals surface area contributed by atoms with Gasteiger partial charge in [0.15, 0.2) is 0 Å². The summed E-state index contributed by atoms with van der Waals surface area (Å²) in [5.74, 6) is -0.364. The first-order chi connectivity index (χ1) is 9.08. The molecular weight excluding hydrogens is 240 g/mol. The largest absolute Gasteiger partial charge is 0.399 e. The number of hydrogen-bond acceptors (Lipinski definition) is 3. The molecule has 19 heavy (non-hydrogen) atoms. The number of nitrogens with two attached hydrogens (primary N) is 1. The van der Waals surface area contributed by atoms with E-state index in [9.17, 15) is 9.59 Å². The van der Waals surface area contributed by atoms with Gasteiger partial charge in [0.2, 0.25) is 0 Å². The smallest absolute Gasteiger partial charge is 0.257 e. The van der Waals surface area contributed by atoms with Crippen molar-refractivity contribution >= 4 is 17.5 Å². The van der Waals surface area contributed by atoms with Crippen LogP contribution in [0.15, 0.2) is 29.8 Å². The summed E-state index contributed by atoms with van der Waals surface area (Å²) < 4.78 is 0. The van der Waals surface area contributed by atoms with Gasteiger partial charge in [-0.05, 0) is 49.4 Å². The molecule has 1 heterocycles. The van der Waals surface area contributed by atoms with Crippen molar-refractivity contribution in [1.82, 2.24) is 4.90 Å². The number of nitrogen functional groups attached to an aromatic ring is 1. The molecule has 4 nitrogen and oxygen atoms in total. The lowest BCUT2D eigenvalue weighted by Gasteiger charge is -2.32. The molecule has 2 amide bonds. The Morgan fingerprint density at radius 2 is 2.11 bits per heavy atom. The zero-order valence-corrected chi connectivity index (χ0v) is 10.8. The van der Waals surface area contributed by atoms with Crippen molar-refractivity contribution in [3.8, 4) is 0 Å². The average molecular weight is 256 g/mol. The molecular formula is C15H16N2O2. The Bertz CT molecular complexity index is 604. The number of benzene rings is 1. The van der Waals surface area contributed by atoms with Gasteiger partial charge in [0, 0.05) is 17.3 Å². The van der Waals surface area contributed by atoms with Gasteiger partial charge >= 0.3 is 0 Å². The average Bonchev–Trinajstić information content (AvgIpc) is 2.62. The van der Waals surface area contributed by atoms with Crippen LogP contribution in [0.5, 0.6) is 0 Å². The van der Waals surface area contributed by atoms with E-state index in [4.69, 9.17) is 5.73 Å². The highest BCUT2D eigenvalue weighted by Crippen LogP contribution is 2.37. The van der Waals surface area contributed by atoms with Gasteiger partial charge in [-0.2, -0.15) is 0 Å². The first kappa shape index (κ1) is 12.0. The molecule has 0 saturated heterocycles. The molecule has 2 N–H and O–H groups in total. The van der Waals surface area contributed by atoms with E-state index >= 15 is 0 Å². The van der Waals surface area contributed by atoms with Crippen LogP contribution in [0, 0.1) is 0 Å². The molecule has 0 spiro atoms. The lowest BCUT2D eigenvalue weighted by atomic mass is 9.86. The quantitative estimate of drug-likeness (QED) is 0.617. The van der Waals surface area contributed by atoms with Crippen molar-refractivity contribution in [2.45, 2.75) is 32.2 Å².